The molecule has 5 heteroatoms. The molecule has 16 heavy (non-hydrogen) atoms. The van der Waals surface area contributed by atoms with Crippen molar-refractivity contribution in [2.24, 2.45) is 0 Å². The van der Waals surface area contributed by atoms with E-state index in [-0.39, 0.29) is 5.92 Å². The Kier molecular flexibility index (Phi) is 3.41. The van der Waals surface area contributed by atoms with Crippen molar-refractivity contribution >= 4 is 17.6 Å². The number of esters is 1. The summed E-state index contributed by atoms with van der Waals surface area (Å²) in [7, 11) is 1.34. The van der Waals surface area contributed by atoms with Crippen LogP contribution in [0.15, 0.2) is 12.3 Å². The van der Waals surface area contributed by atoms with Crippen LogP contribution in [0.3, 0.4) is 0 Å². The van der Waals surface area contributed by atoms with Crippen LogP contribution in [0.2, 0.25) is 5.15 Å². The predicted octanol–water partition coefficient (Wildman–Crippen LogP) is 2.03. The maximum atomic E-state index is 11.4. The van der Waals surface area contributed by atoms with Gasteiger partial charge in [0.05, 0.1) is 19.3 Å². The topological polar surface area (TPSA) is 48.4 Å². The van der Waals surface area contributed by atoms with Crippen LogP contribution in [-0.2, 0) is 9.47 Å². The molecule has 0 saturated carbocycles. The highest BCUT2D eigenvalue weighted by atomic mass is 35.5. The highest BCUT2D eigenvalue weighted by Gasteiger charge is 2.22. The molecule has 86 valence electrons. The van der Waals surface area contributed by atoms with Crippen LogP contribution >= 0.6 is 11.6 Å². The van der Waals surface area contributed by atoms with Gasteiger partial charge in [-0.1, -0.05) is 11.6 Å². The van der Waals surface area contributed by atoms with E-state index in [2.05, 4.69) is 9.72 Å². The molecule has 0 radical (unpaired) electrons. The van der Waals surface area contributed by atoms with Gasteiger partial charge in [-0.2, -0.15) is 0 Å². The van der Waals surface area contributed by atoms with E-state index in [1.165, 1.54) is 13.3 Å². The number of rotatable bonds is 2. The second kappa shape index (κ2) is 4.80. The van der Waals surface area contributed by atoms with Crippen molar-refractivity contribution in [1.82, 2.24) is 4.98 Å². The molecule has 1 aromatic rings. The molecule has 0 bridgehead atoms. The first kappa shape index (κ1) is 11.4. The summed E-state index contributed by atoms with van der Waals surface area (Å²) >= 11 is 6.01. The van der Waals surface area contributed by atoms with Gasteiger partial charge in [0.25, 0.3) is 0 Å². The smallest absolute Gasteiger partial charge is 0.339 e. The zero-order valence-electron chi connectivity index (χ0n) is 8.90. The first-order valence-electron chi connectivity index (χ1n) is 5.04. The quantitative estimate of drug-likeness (QED) is 0.587. The number of nitrogens with zero attached hydrogens (tertiary/aromatic N) is 1. The van der Waals surface area contributed by atoms with Crippen molar-refractivity contribution in [3.63, 3.8) is 0 Å². The van der Waals surface area contributed by atoms with Gasteiger partial charge >= 0.3 is 5.97 Å². The Bertz CT molecular complexity index is 402. The van der Waals surface area contributed by atoms with E-state index >= 15 is 0 Å². The first-order valence-corrected chi connectivity index (χ1v) is 5.41. The van der Waals surface area contributed by atoms with Crippen molar-refractivity contribution in [1.29, 1.82) is 0 Å². The van der Waals surface area contributed by atoms with Crippen molar-refractivity contribution in [2.45, 2.75) is 12.3 Å². The minimum Gasteiger partial charge on any atom is -0.465 e. The number of hydrogen-bond acceptors (Lipinski definition) is 4. The van der Waals surface area contributed by atoms with Gasteiger partial charge in [-0.3, -0.25) is 0 Å². The van der Waals surface area contributed by atoms with Crippen LogP contribution in [0.1, 0.15) is 28.3 Å². The molecule has 0 amide bonds. The van der Waals surface area contributed by atoms with Crippen LogP contribution in [0, 0.1) is 0 Å². The second-order valence-electron chi connectivity index (χ2n) is 3.66. The van der Waals surface area contributed by atoms with E-state index in [9.17, 15) is 4.79 Å². The zero-order valence-corrected chi connectivity index (χ0v) is 9.66. The molecule has 1 fully saturated rings. The van der Waals surface area contributed by atoms with Gasteiger partial charge < -0.3 is 9.47 Å². The third-order valence-corrected chi connectivity index (χ3v) is 2.97. The molecular formula is C11H12ClNO3. The molecule has 0 aliphatic carbocycles. The van der Waals surface area contributed by atoms with E-state index in [0.29, 0.717) is 17.3 Å². The number of carbonyl (C=O) groups excluding carboxylic acids is 1. The molecular weight excluding hydrogens is 230 g/mol. The average Bonchev–Trinajstić information content (AvgIpc) is 2.82. The highest BCUT2D eigenvalue weighted by Crippen LogP contribution is 2.30. The number of carbonyl (C=O) groups is 1. The van der Waals surface area contributed by atoms with Crippen LogP contribution in [-0.4, -0.2) is 31.3 Å². The molecule has 2 rings (SSSR count). The maximum absolute atomic E-state index is 11.4. The highest BCUT2D eigenvalue weighted by molar-refractivity contribution is 6.30. The van der Waals surface area contributed by atoms with Gasteiger partial charge in [0.1, 0.15) is 5.15 Å². The monoisotopic (exact) mass is 241 g/mol. The fourth-order valence-electron chi connectivity index (χ4n) is 1.76. The first-order chi connectivity index (χ1) is 7.72. The fraction of sp³-hybridized carbons (Fsp3) is 0.455. The maximum Gasteiger partial charge on any atom is 0.339 e. The molecule has 1 atom stereocenters. The minimum atomic E-state index is -0.399. The number of hydrogen-bond donors (Lipinski definition) is 0. The van der Waals surface area contributed by atoms with E-state index in [4.69, 9.17) is 16.3 Å². The third kappa shape index (κ3) is 2.18. The summed E-state index contributed by atoms with van der Waals surface area (Å²) in [6.07, 6.45) is 2.33. The van der Waals surface area contributed by atoms with Gasteiger partial charge in [0.15, 0.2) is 0 Å². The summed E-state index contributed by atoms with van der Waals surface area (Å²) in [5.74, 6) is -0.172. The minimum absolute atomic E-state index is 0.226. The Hall–Kier alpha value is -1.13. The molecule has 1 aromatic heterocycles. The Labute approximate surface area is 98.5 Å². The summed E-state index contributed by atoms with van der Waals surface area (Å²) < 4.78 is 9.93. The fourth-order valence-corrected chi connectivity index (χ4v) is 2.02. The lowest BCUT2D eigenvalue weighted by Crippen LogP contribution is -2.06. The zero-order chi connectivity index (χ0) is 11.5. The number of halogens is 1. The molecule has 1 aliphatic rings. The number of pyridine rings is 1. The lowest BCUT2D eigenvalue weighted by Gasteiger charge is -2.10. The van der Waals surface area contributed by atoms with Crippen LogP contribution in [0.25, 0.3) is 0 Å². The number of methoxy groups -OCH3 is 1. The van der Waals surface area contributed by atoms with Crippen LogP contribution in [0.5, 0.6) is 0 Å². The van der Waals surface area contributed by atoms with E-state index < -0.39 is 5.97 Å². The Balaban J connectivity index is 2.32. The van der Waals surface area contributed by atoms with Crippen LogP contribution in [0.4, 0.5) is 0 Å². The SMILES string of the molecule is COC(=O)c1cnc(Cl)c(C2CCOC2)c1. The van der Waals surface area contributed by atoms with Gasteiger partial charge in [-0.25, -0.2) is 9.78 Å². The van der Waals surface area contributed by atoms with Gasteiger partial charge in [-0.15, -0.1) is 0 Å². The normalized spacial score (nSPS) is 19.8. The van der Waals surface area contributed by atoms with E-state index in [1.807, 2.05) is 0 Å². The lowest BCUT2D eigenvalue weighted by atomic mass is 9.99. The standard InChI is InChI=1S/C11H12ClNO3/c1-15-11(14)8-4-9(10(12)13-5-8)7-2-3-16-6-7/h4-5,7H,2-3,6H2,1H3. The number of ether oxygens (including phenoxy) is 2. The lowest BCUT2D eigenvalue weighted by molar-refractivity contribution is 0.0600. The Morgan fingerprint density at radius 3 is 3.12 bits per heavy atom. The summed E-state index contributed by atoms with van der Waals surface area (Å²) in [5, 5.41) is 0.433. The van der Waals surface area contributed by atoms with Gasteiger partial charge in [0, 0.05) is 18.7 Å². The molecule has 0 N–H and O–H groups in total. The van der Waals surface area contributed by atoms with Crippen molar-refractivity contribution in [3.05, 3.63) is 28.5 Å². The second-order valence-corrected chi connectivity index (χ2v) is 4.01. The molecule has 1 aliphatic heterocycles. The molecule has 0 spiro atoms. The molecule has 1 unspecified atom stereocenters. The molecule has 0 aromatic carbocycles. The Morgan fingerprint density at radius 1 is 1.69 bits per heavy atom. The predicted molar refractivity (Wildman–Crippen MR) is 58.8 cm³/mol. The van der Waals surface area contributed by atoms with Gasteiger partial charge in [0.2, 0.25) is 0 Å². The largest absolute Gasteiger partial charge is 0.465 e. The molecule has 2 heterocycles. The van der Waals surface area contributed by atoms with Crippen LogP contribution < -0.4 is 0 Å². The van der Waals surface area contributed by atoms with Crippen molar-refractivity contribution in [3.8, 4) is 0 Å². The van der Waals surface area contributed by atoms with Crippen molar-refractivity contribution < 1.29 is 14.3 Å². The summed E-state index contributed by atoms with van der Waals surface area (Å²) in [6.45, 7) is 1.36. The Morgan fingerprint density at radius 2 is 2.50 bits per heavy atom. The van der Waals surface area contributed by atoms with E-state index in [0.717, 1.165) is 18.6 Å². The number of aromatic nitrogens is 1. The van der Waals surface area contributed by atoms with Crippen molar-refractivity contribution in [2.75, 3.05) is 20.3 Å². The summed E-state index contributed by atoms with van der Waals surface area (Å²) in [6, 6.07) is 1.74. The molecule has 1 saturated heterocycles. The molecule has 4 nitrogen and oxygen atoms in total. The van der Waals surface area contributed by atoms with E-state index in [1.54, 1.807) is 6.07 Å². The average molecular weight is 242 g/mol. The third-order valence-electron chi connectivity index (χ3n) is 2.66. The summed E-state index contributed by atoms with van der Waals surface area (Å²) in [5.41, 5.74) is 1.29. The van der Waals surface area contributed by atoms with Gasteiger partial charge in [-0.05, 0) is 18.1 Å². The summed E-state index contributed by atoms with van der Waals surface area (Å²) in [4.78, 5) is 15.4.